The highest BCUT2D eigenvalue weighted by atomic mass is 32.1. The first-order valence-electron chi connectivity index (χ1n) is 5.13. The molecule has 0 amide bonds. The average molecular weight is 233 g/mol. The molecule has 0 fully saturated rings. The van der Waals surface area contributed by atoms with Crippen LogP contribution < -0.4 is 10.6 Å². The van der Waals surface area contributed by atoms with Gasteiger partial charge in [-0.05, 0) is 12.5 Å². The normalized spacial score (nSPS) is 10.4. The van der Waals surface area contributed by atoms with Crippen LogP contribution in [0.3, 0.4) is 0 Å². The van der Waals surface area contributed by atoms with Crippen LogP contribution in [-0.4, -0.2) is 12.0 Å². The van der Waals surface area contributed by atoms with Crippen molar-refractivity contribution in [2.45, 2.75) is 13.5 Å². The maximum atomic E-state index is 5.66. The molecule has 0 radical (unpaired) electrons. The minimum atomic E-state index is 0.755. The Bertz CT molecular complexity index is 461. The number of nitrogen functional groups attached to an aromatic ring is 1. The summed E-state index contributed by atoms with van der Waals surface area (Å²) in [7, 11) is 2.03. The van der Waals surface area contributed by atoms with Crippen LogP contribution in [-0.2, 0) is 6.54 Å². The van der Waals surface area contributed by atoms with Crippen molar-refractivity contribution >= 4 is 21.5 Å². The van der Waals surface area contributed by atoms with E-state index in [0.717, 1.165) is 16.7 Å². The number of benzene rings is 1. The van der Waals surface area contributed by atoms with Gasteiger partial charge in [0.1, 0.15) is 5.00 Å². The summed E-state index contributed by atoms with van der Waals surface area (Å²) in [6.07, 6.45) is 1.70. The highest BCUT2D eigenvalue weighted by Gasteiger charge is 2.05. The molecule has 0 atom stereocenters. The van der Waals surface area contributed by atoms with Crippen LogP contribution in [0.25, 0.3) is 0 Å². The molecule has 1 heterocycles. The highest BCUT2D eigenvalue weighted by Crippen LogP contribution is 2.24. The summed E-state index contributed by atoms with van der Waals surface area (Å²) in [6.45, 7) is 2.95. The molecule has 1 aromatic heterocycles. The Morgan fingerprint density at radius 3 is 2.56 bits per heavy atom. The quantitative estimate of drug-likeness (QED) is 0.886. The fourth-order valence-corrected chi connectivity index (χ4v) is 2.13. The molecule has 2 aromatic rings. The van der Waals surface area contributed by atoms with E-state index in [1.165, 1.54) is 22.5 Å². The molecule has 16 heavy (non-hydrogen) atoms. The average Bonchev–Trinajstić information content (AvgIpc) is 2.68. The lowest BCUT2D eigenvalue weighted by Gasteiger charge is -2.15. The van der Waals surface area contributed by atoms with Crippen molar-refractivity contribution in [3.63, 3.8) is 0 Å². The Hall–Kier alpha value is -1.55. The van der Waals surface area contributed by atoms with Crippen LogP contribution in [0.1, 0.15) is 11.1 Å². The Morgan fingerprint density at radius 1 is 1.31 bits per heavy atom. The number of nitrogens with two attached hydrogens (primary N) is 1. The molecular weight excluding hydrogens is 218 g/mol. The van der Waals surface area contributed by atoms with Gasteiger partial charge in [-0.3, -0.25) is 0 Å². The number of thiazole rings is 1. The van der Waals surface area contributed by atoms with Crippen LogP contribution >= 0.6 is 11.3 Å². The van der Waals surface area contributed by atoms with E-state index in [1.807, 2.05) is 7.05 Å². The molecule has 2 N–H and O–H groups in total. The lowest BCUT2D eigenvalue weighted by atomic mass is 10.1. The predicted molar refractivity (Wildman–Crippen MR) is 69.8 cm³/mol. The van der Waals surface area contributed by atoms with Gasteiger partial charge in [0.15, 0.2) is 5.13 Å². The lowest BCUT2D eigenvalue weighted by Crippen LogP contribution is -2.15. The lowest BCUT2D eigenvalue weighted by molar-refractivity contribution is 0.914. The molecule has 0 aliphatic carbocycles. The molecule has 4 heteroatoms. The van der Waals surface area contributed by atoms with Crippen molar-refractivity contribution in [2.75, 3.05) is 17.7 Å². The Morgan fingerprint density at radius 2 is 2.00 bits per heavy atom. The number of aryl methyl sites for hydroxylation is 1. The van der Waals surface area contributed by atoms with Gasteiger partial charge in [-0.1, -0.05) is 41.2 Å². The van der Waals surface area contributed by atoms with E-state index in [9.17, 15) is 0 Å². The third kappa shape index (κ3) is 2.52. The molecule has 0 saturated heterocycles. The van der Waals surface area contributed by atoms with E-state index >= 15 is 0 Å². The fraction of sp³-hybridized carbons (Fsp3) is 0.250. The molecule has 0 aliphatic rings. The Labute approximate surface area is 99.5 Å². The standard InChI is InChI=1S/C12H15N3S/c1-9-3-5-10(6-4-9)8-15(2)12-14-7-11(13)16-12/h3-7H,8,13H2,1-2H3. The van der Waals surface area contributed by atoms with Crippen molar-refractivity contribution in [1.29, 1.82) is 0 Å². The molecule has 0 unspecified atom stereocenters. The number of rotatable bonds is 3. The molecule has 1 aromatic carbocycles. The van der Waals surface area contributed by atoms with Crippen LogP contribution in [0, 0.1) is 6.92 Å². The van der Waals surface area contributed by atoms with E-state index in [2.05, 4.69) is 41.1 Å². The van der Waals surface area contributed by atoms with Gasteiger partial charge in [-0.15, -0.1) is 0 Å². The van der Waals surface area contributed by atoms with Crippen molar-refractivity contribution in [3.05, 3.63) is 41.6 Å². The summed E-state index contributed by atoms with van der Waals surface area (Å²) in [5.41, 5.74) is 8.22. The SMILES string of the molecule is Cc1ccc(CN(C)c2ncc(N)s2)cc1. The third-order valence-corrected chi connectivity index (χ3v) is 3.32. The monoisotopic (exact) mass is 233 g/mol. The van der Waals surface area contributed by atoms with E-state index in [1.54, 1.807) is 6.20 Å². The van der Waals surface area contributed by atoms with Gasteiger partial charge in [-0.25, -0.2) is 4.98 Å². The first kappa shape index (κ1) is 11.0. The van der Waals surface area contributed by atoms with Gasteiger partial charge in [0, 0.05) is 13.6 Å². The Balaban J connectivity index is 2.07. The summed E-state index contributed by atoms with van der Waals surface area (Å²) < 4.78 is 0. The smallest absolute Gasteiger partial charge is 0.187 e. The number of anilines is 2. The maximum Gasteiger partial charge on any atom is 0.187 e. The fourth-order valence-electron chi connectivity index (χ4n) is 1.49. The largest absolute Gasteiger partial charge is 0.389 e. The van der Waals surface area contributed by atoms with Gasteiger partial charge < -0.3 is 10.6 Å². The second-order valence-corrected chi connectivity index (χ2v) is 4.93. The topological polar surface area (TPSA) is 42.2 Å². The molecule has 0 saturated carbocycles. The van der Waals surface area contributed by atoms with E-state index in [4.69, 9.17) is 5.73 Å². The highest BCUT2D eigenvalue weighted by molar-refractivity contribution is 7.19. The van der Waals surface area contributed by atoms with Crippen molar-refractivity contribution in [3.8, 4) is 0 Å². The van der Waals surface area contributed by atoms with Gasteiger partial charge in [0.25, 0.3) is 0 Å². The summed E-state index contributed by atoms with van der Waals surface area (Å²) in [4.78, 5) is 6.35. The van der Waals surface area contributed by atoms with Crippen LogP contribution in [0.4, 0.5) is 10.1 Å². The predicted octanol–water partition coefficient (Wildman–Crippen LogP) is 2.67. The van der Waals surface area contributed by atoms with E-state index in [0.29, 0.717) is 0 Å². The number of hydrogen-bond acceptors (Lipinski definition) is 4. The second-order valence-electron chi connectivity index (χ2n) is 3.89. The van der Waals surface area contributed by atoms with Crippen molar-refractivity contribution in [1.82, 2.24) is 4.98 Å². The molecule has 3 nitrogen and oxygen atoms in total. The summed E-state index contributed by atoms with van der Waals surface area (Å²) >= 11 is 1.51. The van der Waals surface area contributed by atoms with Crippen molar-refractivity contribution in [2.24, 2.45) is 0 Å². The number of aromatic nitrogens is 1. The zero-order valence-corrected chi connectivity index (χ0v) is 10.3. The van der Waals surface area contributed by atoms with Crippen LogP contribution in [0.15, 0.2) is 30.5 Å². The first-order chi connectivity index (χ1) is 7.65. The van der Waals surface area contributed by atoms with Gasteiger partial charge in [-0.2, -0.15) is 0 Å². The molecule has 0 bridgehead atoms. The van der Waals surface area contributed by atoms with Crippen molar-refractivity contribution < 1.29 is 0 Å². The summed E-state index contributed by atoms with van der Waals surface area (Å²) in [6, 6.07) is 8.53. The van der Waals surface area contributed by atoms with Gasteiger partial charge in [0.05, 0.1) is 6.20 Å². The molecular formula is C12H15N3S. The van der Waals surface area contributed by atoms with Gasteiger partial charge >= 0.3 is 0 Å². The molecule has 0 aliphatic heterocycles. The minimum Gasteiger partial charge on any atom is -0.389 e. The molecule has 84 valence electrons. The second kappa shape index (κ2) is 4.53. The first-order valence-corrected chi connectivity index (χ1v) is 5.95. The zero-order chi connectivity index (χ0) is 11.5. The van der Waals surface area contributed by atoms with Gasteiger partial charge in [0.2, 0.25) is 0 Å². The summed E-state index contributed by atoms with van der Waals surface area (Å²) in [5, 5.41) is 1.71. The van der Waals surface area contributed by atoms with E-state index < -0.39 is 0 Å². The van der Waals surface area contributed by atoms with E-state index in [-0.39, 0.29) is 0 Å². The third-order valence-electron chi connectivity index (χ3n) is 2.38. The van der Waals surface area contributed by atoms with Crippen LogP contribution in [0.5, 0.6) is 0 Å². The zero-order valence-electron chi connectivity index (χ0n) is 9.47. The summed E-state index contributed by atoms with van der Waals surface area (Å²) in [5.74, 6) is 0. The Kier molecular flexibility index (Phi) is 3.10. The number of nitrogens with zero attached hydrogens (tertiary/aromatic N) is 2. The number of hydrogen-bond donors (Lipinski definition) is 1. The maximum absolute atomic E-state index is 5.66. The molecule has 0 spiro atoms. The minimum absolute atomic E-state index is 0.755. The molecule has 2 rings (SSSR count). The van der Waals surface area contributed by atoms with Crippen LogP contribution in [0.2, 0.25) is 0 Å².